The van der Waals surface area contributed by atoms with Gasteiger partial charge in [-0.3, -0.25) is 0 Å². The first kappa shape index (κ1) is 23.3. The second kappa shape index (κ2) is 11.3. The summed E-state index contributed by atoms with van der Waals surface area (Å²) in [6, 6.07) is 10.1. The van der Waals surface area contributed by atoms with Crippen molar-refractivity contribution in [3.05, 3.63) is 54.4 Å². The Morgan fingerprint density at radius 3 is 2.34 bits per heavy atom. The average Bonchev–Trinajstić information content (AvgIpc) is 2.84. The standard InChI is InChI=1S/C30H41FO/c1-3-5-6-7-22-8-10-23(11-9-22)24-12-14-25(15-13-24)26-16-18-28-27(21-26)17-19-29(30(28)31)32-20-4-2/h4,16-19,21-25H,2-3,5-15,20H2,1H3. The molecular formula is C30H41FO. The van der Waals surface area contributed by atoms with Crippen LogP contribution in [-0.2, 0) is 0 Å². The second-order valence-corrected chi connectivity index (χ2v) is 10.3. The van der Waals surface area contributed by atoms with Crippen LogP contribution >= 0.6 is 0 Å². The molecule has 0 aliphatic heterocycles. The van der Waals surface area contributed by atoms with Crippen molar-refractivity contribution < 1.29 is 9.13 Å². The van der Waals surface area contributed by atoms with Crippen molar-refractivity contribution in [2.24, 2.45) is 17.8 Å². The zero-order valence-electron chi connectivity index (χ0n) is 20.0. The third-order valence-corrected chi connectivity index (χ3v) is 8.32. The summed E-state index contributed by atoms with van der Waals surface area (Å²) in [6.45, 7) is 6.26. The second-order valence-electron chi connectivity index (χ2n) is 10.3. The average molecular weight is 437 g/mol. The molecule has 0 heterocycles. The number of unbranched alkanes of at least 4 members (excludes halogenated alkanes) is 2. The minimum atomic E-state index is -0.259. The fourth-order valence-electron chi connectivity index (χ4n) is 6.36. The third kappa shape index (κ3) is 5.56. The van der Waals surface area contributed by atoms with Gasteiger partial charge in [-0.05, 0) is 79.2 Å². The first-order valence-electron chi connectivity index (χ1n) is 13.2. The van der Waals surface area contributed by atoms with Crippen LogP contribution in [0.3, 0.4) is 0 Å². The number of benzene rings is 2. The quantitative estimate of drug-likeness (QED) is 0.281. The van der Waals surface area contributed by atoms with Crippen molar-refractivity contribution in [2.75, 3.05) is 6.61 Å². The van der Waals surface area contributed by atoms with E-state index in [1.54, 1.807) is 12.1 Å². The van der Waals surface area contributed by atoms with Crippen LogP contribution in [0.5, 0.6) is 5.75 Å². The molecule has 2 aromatic carbocycles. The Hall–Kier alpha value is -1.83. The van der Waals surface area contributed by atoms with E-state index in [1.165, 1.54) is 82.6 Å². The maximum absolute atomic E-state index is 14.8. The Bertz CT molecular complexity index is 872. The van der Waals surface area contributed by atoms with E-state index in [0.29, 0.717) is 23.7 Å². The predicted molar refractivity (Wildman–Crippen MR) is 134 cm³/mol. The number of hydrogen-bond donors (Lipinski definition) is 0. The summed E-state index contributed by atoms with van der Waals surface area (Å²) in [6.07, 6.45) is 18.5. The Labute approximate surface area is 194 Å². The van der Waals surface area contributed by atoms with Gasteiger partial charge in [-0.1, -0.05) is 82.4 Å². The maximum atomic E-state index is 14.8. The van der Waals surface area contributed by atoms with Gasteiger partial charge in [0.2, 0.25) is 0 Å². The molecule has 0 saturated heterocycles. The molecule has 2 aliphatic carbocycles. The molecule has 0 unspecified atom stereocenters. The molecule has 32 heavy (non-hydrogen) atoms. The van der Waals surface area contributed by atoms with Crippen molar-refractivity contribution >= 4 is 10.8 Å². The van der Waals surface area contributed by atoms with Gasteiger partial charge in [0.15, 0.2) is 11.6 Å². The molecular weight excluding hydrogens is 395 g/mol. The van der Waals surface area contributed by atoms with E-state index in [9.17, 15) is 4.39 Å². The molecule has 2 fully saturated rings. The Balaban J connectivity index is 1.31. The summed E-state index contributed by atoms with van der Waals surface area (Å²) in [4.78, 5) is 0. The minimum Gasteiger partial charge on any atom is -0.486 e. The molecule has 1 nitrogen and oxygen atoms in total. The normalized spacial score (nSPS) is 26.2. The molecule has 0 spiro atoms. The van der Waals surface area contributed by atoms with E-state index in [4.69, 9.17) is 4.74 Å². The van der Waals surface area contributed by atoms with Gasteiger partial charge in [0, 0.05) is 5.39 Å². The molecule has 0 radical (unpaired) electrons. The van der Waals surface area contributed by atoms with Gasteiger partial charge < -0.3 is 4.74 Å². The largest absolute Gasteiger partial charge is 0.486 e. The highest BCUT2D eigenvalue weighted by molar-refractivity contribution is 5.85. The van der Waals surface area contributed by atoms with Gasteiger partial charge in [0.1, 0.15) is 6.61 Å². The SMILES string of the molecule is C=CCOc1ccc2cc(C3CCC(C4CCC(CCCCC)CC4)CC3)ccc2c1F. The highest BCUT2D eigenvalue weighted by atomic mass is 19.1. The number of hydrogen-bond acceptors (Lipinski definition) is 1. The van der Waals surface area contributed by atoms with Crippen LogP contribution < -0.4 is 4.74 Å². The molecule has 4 rings (SSSR count). The van der Waals surface area contributed by atoms with Crippen LogP contribution in [0.2, 0.25) is 0 Å². The number of fused-ring (bicyclic) bond motifs is 1. The van der Waals surface area contributed by atoms with E-state index in [0.717, 1.165) is 23.1 Å². The van der Waals surface area contributed by atoms with E-state index in [2.05, 4.69) is 25.6 Å². The summed E-state index contributed by atoms with van der Waals surface area (Å²) >= 11 is 0. The van der Waals surface area contributed by atoms with Gasteiger partial charge in [-0.25, -0.2) is 4.39 Å². The summed E-state index contributed by atoms with van der Waals surface area (Å²) < 4.78 is 20.2. The molecule has 0 atom stereocenters. The Morgan fingerprint density at radius 1 is 0.938 bits per heavy atom. The van der Waals surface area contributed by atoms with Crippen molar-refractivity contribution in [3.63, 3.8) is 0 Å². The molecule has 0 aromatic heterocycles. The third-order valence-electron chi connectivity index (χ3n) is 8.32. The van der Waals surface area contributed by atoms with Gasteiger partial charge in [0.05, 0.1) is 0 Å². The smallest absolute Gasteiger partial charge is 0.172 e. The molecule has 0 bridgehead atoms. The number of halogens is 1. The van der Waals surface area contributed by atoms with Crippen molar-refractivity contribution in [1.82, 2.24) is 0 Å². The highest BCUT2D eigenvalue weighted by Crippen LogP contribution is 2.45. The number of ether oxygens (including phenoxy) is 1. The van der Waals surface area contributed by atoms with Crippen LogP contribution in [0.1, 0.15) is 95.5 Å². The van der Waals surface area contributed by atoms with Gasteiger partial charge in [-0.15, -0.1) is 0 Å². The van der Waals surface area contributed by atoms with Crippen LogP contribution in [0, 0.1) is 23.6 Å². The lowest BCUT2D eigenvalue weighted by atomic mass is 9.68. The summed E-state index contributed by atoms with van der Waals surface area (Å²) in [5.41, 5.74) is 1.38. The lowest BCUT2D eigenvalue weighted by Crippen LogP contribution is -2.25. The Kier molecular flexibility index (Phi) is 8.27. The fourth-order valence-corrected chi connectivity index (χ4v) is 6.36. The zero-order chi connectivity index (χ0) is 22.3. The van der Waals surface area contributed by atoms with Gasteiger partial charge in [0.25, 0.3) is 0 Å². The van der Waals surface area contributed by atoms with Crippen molar-refractivity contribution in [3.8, 4) is 5.75 Å². The maximum Gasteiger partial charge on any atom is 0.172 e. The molecule has 2 heteroatoms. The fraction of sp³-hybridized carbons (Fsp3) is 0.600. The number of rotatable bonds is 9. The topological polar surface area (TPSA) is 9.23 Å². The van der Waals surface area contributed by atoms with Crippen molar-refractivity contribution in [1.29, 1.82) is 0 Å². The van der Waals surface area contributed by atoms with E-state index in [1.807, 2.05) is 12.1 Å². The molecule has 0 amide bonds. The molecule has 2 aromatic rings. The minimum absolute atomic E-state index is 0.259. The molecule has 0 N–H and O–H groups in total. The van der Waals surface area contributed by atoms with Crippen LogP contribution in [0.25, 0.3) is 10.8 Å². The Morgan fingerprint density at radius 2 is 1.66 bits per heavy atom. The van der Waals surface area contributed by atoms with E-state index < -0.39 is 0 Å². The molecule has 2 aliphatic rings. The lowest BCUT2D eigenvalue weighted by Gasteiger charge is -2.38. The summed E-state index contributed by atoms with van der Waals surface area (Å²) in [5.74, 6) is 3.59. The van der Waals surface area contributed by atoms with E-state index >= 15 is 0 Å². The lowest BCUT2D eigenvalue weighted by molar-refractivity contribution is 0.155. The van der Waals surface area contributed by atoms with Gasteiger partial charge in [-0.2, -0.15) is 0 Å². The first-order valence-corrected chi connectivity index (χ1v) is 13.2. The summed E-state index contributed by atoms with van der Waals surface area (Å²) in [5, 5.41) is 1.63. The molecule has 174 valence electrons. The van der Waals surface area contributed by atoms with Gasteiger partial charge >= 0.3 is 0 Å². The first-order chi connectivity index (χ1) is 15.7. The highest BCUT2D eigenvalue weighted by Gasteiger charge is 2.31. The molecule has 2 saturated carbocycles. The monoisotopic (exact) mass is 436 g/mol. The predicted octanol–water partition coefficient (Wildman–Crippen LogP) is 9.20. The van der Waals surface area contributed by atoms with Crippen LogP contribution in [-0.4, -0.2) is 6.61 Å². The zero-order valence-corrected chi connectivity index (χ0v) is 20.0. The van der Waals surface area contributed by atoms with E-state index in [-0.39, 0.29) is 5.82 Å². The van der Waals surface area contributed by atoms with Crippen molar-refractivity contribution in [2.45, 2.75) is 89.9 Å². The summed E-state index contributed by atoms with van der Waals surface area (Å²) in [7, 11) is 0. The van der Waals surface area contributed by atoms with Crippen LogP contribution in [0.15, 0.2) is 43.0 Å². The van der Waals surface area contributed by atoms with Crippen LogP contribution in [0.4, 0.5) is 4.39 Å².